The van der Waals surface area contributed by atoms with Crippen molar-refractivity contribution in [3.8, 4) is 0 Å². The monoisotopic (exact) mass is 370 g/mol. The van der Waals surface area contributed by atoms with Gasteiger partial charge in [0.1, 0.15) is 6.10 Å². The molecule has 3 saturated heterocycles. The molecule has 3 fully saturated rings. The lowest BCUT2D eigenvalue weighted by Crippen LogP contribution is -2.26. The maximum Gasteiger partial charge on any atom is 0.218 e. The van der Waals surface area contributed by atoms with Gasteiger partial charge in [0.05, 0.1) is 18.0 Å². The first-order valence-electron chi connectivity index (χ1n) is 7.61. The molecule has 0 N–H and O–H groups in total. The molecule has 0 bridgehead atoms. The molecule has 114 valence electrons. The van der Waals surface area contributed by atoms with Gasteiger partial charge in [-0.3, -0.25) is 0 Å². The summed E-state index contributed by atoms with van der Waals surface area (Å²) in [5.74, 6) is 0. The van der Waals surface area contributed by atoms with E-state index in [1.165, 1.54) is 25.1 Å². The van der Waals surface area contributed by atoms with E-state index in [2.05, 4.69) is 55.6 Å². The van der Waals surface area contributed by atoms with Gasteiger partial charge in [-0.25, -0.2) is 4.67 Å². The molecule has 0 aliphatic carbocycles. The van der Waals surface area contributed by atoms with E-state index >= 15 is 0 Å². The summed E-state index contributed by atoms with van der Waals surface area (Å²) in [7, 11) is -0.706. The Hall–Kier alpha value is -0.190. The molecule has 0 saturated carbocycles. The summed E-state index contributed by atoms with van der Waals surface area (Å²) >= 11 is 3.68. The molecule has 0 amide bonds. The van der Waals surface area contributed by atoms with Gasteiger partial charge in [0.15, 0.2) is 0 Å². The summed E-state index contributed by atoms with van der Waals surface area (Å²) < 4.78 is 17.1. The average Bonchev–Trinajstić information content (AvgIpc) is 3.19. The largest absolute Gasteiger partial charge is 0.377 e. The van der Waals surface area contributed by atoms with Crippen LogP contribution in [0, 0.1) is 0 Å². The molecule has 1 aromatic rings. The van der Waals surface area contributed by atoms with Crippen LogP contribution >= 0.6 is 24.4 Å². The Morgan fingerprint density at radius 3 is 2.86 bits per heavy atom. The van der Waals surface area contributed by atoms with Crippen molar-refractivity contribution in [3.05, 3.63) is 30.3 Å². The van der Waals surface area contributed by atoms with Crippen molar-refractivity contribution >= 4 is 30.1 Å². The van der Waals surface area contributed by atoms with Crippen molar-refractivity contribution in [2.24, 2.45) is 0 Å². The van der Waals surface area contributed by atoms with Gasteiger partial charge in [0.25, 0.3) is 0 Å². The van der Waals surface area contributed by atoms with E-state index in [-0.39, 0.29) is 6.10 Å². The molecule has 4 nitrogen and oxygen atoms in total. The second-order valence-corrected chi connectivity index (χ2v) is 8.72. The SMILES string of the molecule is Br[C@H]1COC[C@@H]1OP1N(c2ccccc2)C[C@@H]2CCCN21. The first-order chi connectivity index (χ1) is 10.3. The quantitative estimate of drug-likeness (QED) is 0.601. The van der Waals surface area contributed by atoms with E-state index < -0.39 is 8.45 Å². The topological polar surface area (TPSA) is 24.9 Å². The van der Waals surface area contributed by atoms with Crippen LogP contribution in [0.25, 0.3) is 0 Å². The highest BCUT2D eigenvalue weighted by Crippen LogP contribution is 2.58. The fourth-order valence-electron chi connectivity index (χ4n) is 3.29. The number of anilines is 1. The van der Waals surface area contributed by atoms with Crippen LogP contribution in [0.2, 0.25) is 0 Å². The van der Waals surface area contributed by atoms with Crippen molar-refractivity contribution in [2.45, 2.75) is 29.8 Å². The van der Waals surface area contributed by atoms with Gasteiger partial charge in [-0.2, -0.15) is 0 Å². The molecule has 1 aromatic carbocycles. The number of halogens is 1. The lowest BCUT2D eigenvalue weighted by Gasteiger charge is -2.31. The molecule has 6 heteroatoms. The van der Waals surface area contributed by atoms with Gasteiger partial charge in [-0.15, -0.1) is 0 Å². The van der Waals surface area contributed by atoms with Gasteiger partial charge in [0, 0.05) is 24.8 Å². The van der Waals surface area contributed by atoms with Crippen LogP contribution in [0.1, 0.15) is 12.8 Å². The minimum absolute atomic E-state index is 0.168. The highest BCUT2D eigenvalue weighted by molar-refractivity contribution is 9.09. The Balaban J connectivity index is 1.57. The average molecular weight is 371 g/mol. The van der Waals surface area contributed by atoms with Crippen molar-refractivity contribution in [1.82, 2.24) is 4.67 Å². The number of rotatable bonds is 3. The van der Waals surface area contributed by atoms with Crippen LogP contribution in [-0.2, 0) is 9.26 Å². The van der Waals surface area contributed by atoms with Crippen LogP contribution in [0.4, 0.5) is 5.69 Å². The summed E-state index contributed by atoms with van der Waals surface area (Å²) in [4.78, 5) is 0.319. The zero-order valence-corrected chi connectivity index (χ0v) is 14.4. The normalized spacial score (nSPS) is 36.3. The predicted molar refractivity (Wildman–Crippen MR) is 88.8 cm³/mol. The van der Waals surface area contributed by atoms with Crippen LogP contribution in [0.15, 0.2) is 30.3 Å². The molecule has 21 heavy (non-hydrogen) atoms. The summed E-state index contributed by atoms with van der Waals surface area (Å²) in [5, 5.41) is 0. The maximum atomic E-state index is 6.51. The molecule has 0 aromatic heterocycles. The van der Waals surface area contributed by atoms with E-state index in [0.29, 0.717) is 17.5 Å². The second kappa shape index (κ2) is 6.13. The number of fused-ring (bicyclic) bond motifs is 1. The number of hydrogen-bond donors (Lipinski definition) is 0. The van der Waals surface area contributed by atoms with E-state index in [4.69, 9.17) is 9.26 Å². The van der Waals surface area contributed by atoms with E-state index in [9.17, 15) is 0 Å². The molecular weight excluding hydrogens is 351 g/mol. The Bertz CT molecular complexity index is 492. The first kappa shape index (κ1) is 14.4. The lowest BCUT2D eigenvalue weighted by atomic mass is 10.2. The Kier molecular flexibility index (Phi) is 4.21. The van der Waals surface area contributed by atoms with Gasteiger partial charge >= 0.3 is 0 Å². The maximum absolute atomic E-state index is 6.51. The third-order valence-electron chi connectivity index (χ3n) is 4.40. The van der Waals surface area contributed by atoms with E-state index in [0.717, 1.165) is 13.2 Å². The minimum atomic E-state index is -0.706. The summed E-state index contributed by atoms with van der Waals surface area (Å²) in [6.45, 7) is 3.72. The molecular formula is C15H20BrN2O2P. The van der Waals surface area contributed by atoms with E-state index in [1.54, 1.807) is 0 Å². The molecule has 1 unspecified atom stereocenters. The number of hydrogen-bond acceptors (Lipinski definition) is 4. The number of alkyl halides is 1. The van der Waals surface area contributed by atoms with Crippen molar-refractivity contribution < 1.29 is 9.26 Å². The fourth-order valence-corrected chi connectivity index (χ4v) is 6.30. The van der Waals surface area contributed by atoms with Gasteiger partial charge in [-0.1, -0.05) is 34.1 Å². The molecule has 4 atom stereocenters. The molecule has 0 spiro atoms. The highest BCUT2D eigenvalue weighted by Gasteiger charge is 2.46. The first-order valence-corrected chi connectivity index (χ1v) is 9.69. The predicted octanol–water partition coefficient (Wildman–Crippen LogP) is 3.38. The molecule has 3 heterocycles. The minimum Gasteiger partial charge on any atom is -0.377 e. The zero-order chi connectivity index (χ0) is 14.2. The Morgan fingerprint density at radius 2 is 2.10 bits per heavy atom. The van der Waals surface area contributed by atoms with Crippen LogP contribution < -0.4 is 4.67 Å². The summed E-state index contributed by atoms with van der Waals surface area (Å²) in [5.41, 5.74) is 1.28. The molecule has 4 rings (SSSR count). The standard InChI is InChI=1S/C15H20BrN2O2P/c16-14-10-19-11-15(14)20-21-17-8-4-7-13(17)9-18(21)12-5-2-1-3-6-12/h1-3,5-6,13-15H,4,7-11H2/t13-,14-,15-,21?/m0/s1. The third kappa shape index (κ3) is 2.75. The van der Waals surface area contributed by atoms with Gasteiger partial charge in [0.2, 0.25) is 8.45 Å². The van der Waals surface area contributed by atoms with Gasteiger partial charge in [-0.05, 0) is 25.0 Å². The second-order valence-electron chi connectivity index (χ2n) is 5.83. The summed E-state index contributed by atoms with van der Waals surface area (Å²) in [6.07, 6.45) is 2.76. The van der Waals surface area contributed by atoms with Gasteiger partial charge < -0.3 is 13.9 Å². The summed E-state index contributed by atoms with van der Waals surface area (Å²) in [6, 6.07) is 11.3. The number of benzene rings is 1. The molecule has 0 radical (unpaired) electrons. The molecule has 3 aliphatic heterocycles. The van der Waals surface area contributed by atoms with E-state index in [1.807, 2.05) is 0 Å². The van der Waals surface area contributed by atoms with Crippen molar-refractivity contribution in [1.29, 1.82) is 0 Å². The Labute approximate surface area is 135 Å². The highest BCUT2D eigenvalue weighted by atomic mass is 79.9. The number of nitrogens with zero attached hydrogens (tertiary/aromatic N) is 2. The lowest BCUT2D eigenvalue weighted by molar-refractivity contribution is 0.145. The fraction of sp³-hybridized carbons (Fsp3) is 0.600. The van der Waals surface area contributed by atoms with Crippen LogP contribution in [0.3, 0.4) is 0 Å². The number of para-hydroxylation sites is 1. The van der Waals surface area contributed by atoms with Crippen LogP contribution in [-0.4, -0.2) is 47.9 Å². The zero-order valence-electron chi connectivity index (χ0n) is 11.9. The third-order valence-corrected chi connectivity index (χ3v) is 7.49. The van der Waals surface area contributed by atoms with Crippen molar-refractivity contribution in [3.63, 3.8) is 0 Å². The van der Waals surface area contributed by atoms with Crippen molar-refractivity contribution in [2.75, 3.05) is 31.0 Å². The molecule has 3 aliphatic rings. The smallest absolute Gasteiger partial charge is 0.218 e. The van der Waals surface area contributed by atoms with Crippen LogP contribution in [0.5, 0.6) is 0 Å². The Morgan fingerprint density at radius 1 is 1.24 bits per heavy atom. The number of ether oxygens (including phenoxy) is 1.